The quantitative estimate of drug-likeness (QED) is 0.756. The lowest BCUT2D eigenvalue weighted by atomic mass is 10.1. The Morgan fingerprint density at radius 1 is 1.32 bits per heavy atom. The van der Waals surface area contributed by atoms with Gasteiger partial charge in [0.2, 0.25) is 0 Å². The first-order valence-electron chi connectivity index (χ1n) is 5.84. The normalized spacial score (nSPS) is 10.3. The fourth-order valence-corrected chi connectivity index (χ4v) is 1.96. The summed E-state index contributed by atoms with van der Waals surface area (Å²) >= 11 is 0. The second-order valence-corrected chi connectivity index (χ2v) is 4.08. The van der Waals surface area contributed by atoms with Gasteiger partial charge in [0, 0.05) is 25.1 Å². The van der Waals surface area contributed by atoms with Crippen LogP contribution in [0.5, 0.6) is 0 Å². The molecule has 0 atom stereocenters. The van der Waals surface area contributed by atoms with Crippen molar-refractivity contribution < 1.29 is 0 Å². The molecule has 0 fully saturated rings. The standard InChI is InChI=1S/C14H11N5/c1-16-11-4-5-17-13(8-11)14-10(9-15)7-12-3-2-6-19(12)18-14/h2-8H,1H3,(H,16,17). The number of aromatic nitrogens is 3. The minimum atomic E-state index is 0.520. The maximum Gasteiger partial charge on any atom is 0.127 e. The Kier molecular flexibility index (Phi) is 2.62. The van der Waals surface area contributed by atoms with Crippen LogP contribution in [0.2, 0.25) is 0 Å². The highest BCUT2D eigenvalue weighted by molar-refractivity contribution is 5.69. The maximum atomic E-state index is 9.26. The number of nitrogens with zero attached hydrogens (tertiary/aromatic N) is 4. The molecule has 0 aliphatic carbocycles. The Bertz CT molecular complexity index is 782. The van der Waals surface area contributed by atoms with Crippen molar-refractivity contribution in [1.29, 1.82) is 5.26 Å². The Balaban J connectivity index is 2.25. The van der Waals surface area contributed by atoms with Crippen LogP contribution in [-0.4, -0.2) is 21.6 Å². The van der Waals surface area contributed by atoms with Crippen LogP contribution < -0.4 is 5.32 Å². The first kappa shape index (κ1) is 11.2. The molecule has 0 radical (unpaired) electrons. The summed E-state index contributed by atoms with van der Waals surface area (Å²) in [6.45, 7) is 0. The molecule has 0 unspecified atom stereocenters. The van der Waals surface area contributed by atoms with Crippen LogP contribution >= 0.6 is 0 Å². The van der Waals surface area contributed by atoms with Gasteiger partial charge in [-0.25, -0.2) is 4.52 Å². The summed E-state index contributed by atoms with van der Waals surface area (Å²) in [6.07, 6.45) is 3.55. The topological polar surface area (TPSA) is 66.0 Å². The summed E-state index contributed by atoms with van der Waals surface area (Å²) in [4.78, 5) is 4.29. The van der Waals surface area contributed by atoms with Gasteiger partial charge in [0.25, 0.3) is 0 Å². The third-order valence-corrected chi connectivity index (χ3v) is 2.93. The number of anilines is 1. The Morgan fingerprint density at radius 2 is 2.21 bits per heavy atom. The van der Waals surface area contributed by atoms with Gasteiger partial charge in [-0.1, -0.05) is 0 Å². The zero-order chi connectivity index (χ0) is 13.2. The smallest absolute Gasteiger partial charge is 0.127 e. The minimum Gasteiger partial charge on any atom is -0.388 e. The van der Waals surface area contributed by atoms with Crippen molar-refractivity contribution >= 4 is 11.2 Å². The summed E-state index contributed by atoms with van der Waals surface area (Å²) in [5.74, 6) is 0. The molecule has 5 heteroatoms. The van der Waals surface area contributed by atoms with Crippen LogP contribution in [0.3, 0.4) is 0 Å². The number of rotatable bonds is 2. The van der Waals surface area contributed by atoms with Crippen molar-refractivity contribution in [3.63, 3.8) is 0 Å². The van der Waals surface area contributed by atoms with Crippen molar-refractivity contribution in [3.05, 3.63) is 48.3 Å². The Hall–Kier alpha value is -2.87. The number of nitriles is 1. The first-order valence-corrected chi connectivity index (χ1v) is 5.84. The molecule has 0 saturated heterocycles. The van der Waals surface area contributed by atoms with Gasteiger partial charge < -0.3 is 5.32 Å². The van der Waals surface area contributed by atoms with Gasteiger partial charge in [-0.05, 0) is 30.3 Å². The maximum absolute atomic E-state index is 9.26. The summed E-state index contributed by atoms with van der Waals surface area (Å²) < 4.78 is 1.74. The molecule has 3 aromatic heterocycles. The third-order valence-electron chi connectivity index (χ3n) is 2.93. The monoisotopic (exact) mass is 249 g/mol. The second kappa shape index (κ2) is 4.42. The zero-order valence-electron chi connectivity index (χ0n) is 10.3. The molecule has 0 amide bonds. The molecule has 3 heterocycles. The van der Waals surface area contributed by atoms with Crippen molar-refractivity contribution in [3.8, 4) is 17.5 Å². The fourth-order valence-electron chi connectivity index (χ4n) is 1.96. The van der Waals surface area contributed by atoms with Crippen molar-refractivity contribution in [2.24, 2.45) is 0 Å². The molecule has 0 aromatic carbocycles. The molecule has 92 valence electrons. The van der Waals surface area contributed by atoms with E-state index in [0.29, 0.717) is 17.0 Å². The molecular weight excluding hydrogens is 238 g/mol. The molecule has 3 aromatic rings. The average molecular weight is 249 g/mol. The van der Waals surface area contributed by atoms with Crippen molar-refractivity contribution in [2.75, 3.05) is 12.4 Å². The van der Waals surface area contributed by atoms with Crippen LogP contribution in [0.4, 0.5) is 5.69 Å². The van der Waals surface area contributed by atoms with Crippen molar-refractivity contribution in [1.82, 2.24) is 14.6 Å². The zero-order valence-corrected chi connectivity index (χ0v) is 10.3. The number of hydrogen-bond acceptors (Lipinski definition) is 4. The number of hydrogen-bond donors (Lipinski definition) is 1. The van der Waals surface area contributed by atoms with Gasteiger partial charge in [-0.15, -0.1) is 0 Å². The predicted molar refractivity (Wildman–Crippen MR) is 72.7 cm³/mol. The van der Waals surface area contributed by atoms with E-state index >= 15 is 0 Å². The fraction of sp³-hybridized carbons (Fsp3) is 0.0714. The van der Waals surface area contributed by atoms with Crippen molar-refractivity contribution in [2.45, 2.75) is 0 Å². The second-order valence-electron chi connectivity index (χ2n) is 4.08. The molecule has 1 N–H and O–H groups in total. The predicted octanol–water partition coefficient (Wildman–Crippen LogP) is 2.31. The van der Waals surface area contributed by atoms with Gasteiger partial charge in [0.05, 0.1) is 16.8 Å². The number of fused-ring (bicyclic) bond motifs is 1. The largest absolute Gasteiger partial charge is 0.388 e. The van der Waals surface area contributed by atoms with Gasteiger partial charge in [0.1, 0.15) is 11.8 Å². The van der Waals surface area contributed by atoms with E-state index in [9.17, 15) is 5.26 Å². The number of nitrogens with one attached hydrogen (secondary N) is 1. The van der Waals surface area contributed by atoms with Crippen LogP contribution in [0.25, 0.3) is 16.9 Å². The average Bonchev–Trinajstić information content (AvgIpc) is 2.93. The Morgan fingerprint density at radius 3 is 3.00 bits per heavy atom. The number of pyridine rings is 1. The van der Waals surface area contributed by atoms with Crippen LogP contribution in [0.1, 0.15) is 5.56 Å². The minimum absolute atomic E-state index is 0.520. The van der Waals surface area contributed by atoms with E-state index in [-0.39, 0.29) is 0 Å². The van der Waals surface area contributed by atoms with E-state index in [2.05, 4.69) is 21.5 Å². The highest BCUT2D eigenvalue weighted by atomic mass is 15.2. The van der Waals surface area contributed by atoms with E-state index < -0.39 is 0 Å². The highest BCUT2D eigenvalue weighted by Crippen LogP contribution is 2.22. The molecule has 0 bridgehead atoms. The van der Waals surface area contributed by atoms with Crippen LogP contribution in [0, 0.1) is 11.3 Å². The molecule has 0 aliphatic rings. The molecule has 5 nitrogen and oxygen atoms in total. The van der Waals surface area contributed by atoms with Gasteiger partial charge >= 0.3 is 0 Å². The van der Waals surface area contributed by atoms with E-state index in [1.165, 1.54) is 0 Å². The van der Waals surface area contributed by atoms with E-state index in [0.717, 1.165) is 11.2 Å². The lowest BCUT2D eigenvalue weighted by Gasteiger charge is -2.06. The summed E-state index contributed by atoms with van der Waals surface area (Å²) in [5, 5.41) is 16.8. The Labute approximate surface area is 110 Å². The third kappa shape index (κ3) is 1.89. The molecular formula is C14H11N5. The van der Waals surface area contributed by atoms with E-state index in [4.69, 9.17) is 0 Å². The van der Waals surface area contributed by atoms with E-state index in [1.807, 2.05) is 43.6 Å². The van der Waals surface area contributed by atoms with Gasteiger partial charge in [-0.3, -0.25) is 4.98 Å². The summed E-state index contributed by atoms with van der Waals surface area (Å²) in [6, 6.07) is 11.5. The highest BCUT2D eigenvalue weighted by Gasteiger charge is 2.10. The molecule has 0 spiro atoms. The summed E-state index contributed by atoms with van der Waals surface area (Å²) in [5.41, 5.74) is 3.61. The molecule has 0 aliphatic heterocycles. The van der Waals surface area contributed by atoms with E-state index in [1.54, 1.807) is 10.7 Å². The van der Waals surface area contributed by atoms with Crippen LogP contribution in [-0.2, 0) is 0 Å². The summed E-state index contributed by atoms with van der Waals surface area (Å²) in [7, 11) is 1.84. The lowest BCUT2D eigenvalue weighted by Crippen LogP contribution is -1.99. The van der Waals surface area contributed by atoms with Gasteiger partial charge in [-0.2, -0.15) is 10.4 Å². The lowest BCUT2D eigenvalue weighted by molar-refractivity contribution is 0.939. The molecule has 0 saturated carbocycles. The van der Waals surface area contributed by atoms with Gasteiger partial charge in [0.15, 0.2) is 0 Å². The SMILES string of the molecule is CNc1ccnc(-c2nn3cccc3cc2C#N)c1. The molecule has 3 rings (SSSR count). The van der Waals surface area contributed by atoms with Crippen LogP contribution in [0.15, 0.2) is 42.7 Å². The molecule has 19 heavy (non-hydrogen) atoms. The first-order chi connectivity index (χ1) is 9.31.